The van der Waals surface area contributed by atoms with E-state index in [0.29, 0.717) is 22.6 Å². The van der Waals surface area contributed by atoms with Crippen LogP contribution in [0.1, 0.15) is 26.5 Å². The lowest BCUT2D eigenvalue weighted by Crippen LogP contribution is -2.17. The van der Waals surface area contributed by atoms with Crippen LogP contribution in [0.15, 0.2) is 70.4 Å². The first-order valence-corrected chi connectivity index (χ1v) is 7.69. The van der Waals surface area contributed by atoms with Gasteiger partial charge in [-0.25, -0.2) is 10.2 Å². The molecule has 2 aromatic heterocycles. The molecule has 7 nitrogen and oxygen atoms in total. The molecular formula is C19H15N3O4. The second kappa shape index (κ2) is 7.89. The van der Waals surface area contributed by atoms with Crippen molar-refractivity contribution in [3.63, 3.8) is 0 Å². The van der Waals surface area contributed by atoms with Crippen LogP contribution >= 0.6 is 0 Å². The van der Waals surface area contributed by atoms with Crippen molar-refractivity contribution in [3.05, 3.63) is 77.8 Å². The van der Waals surface area contributed by atoms with E-state index in [4.69, 9.17) is 9.15 Å². The van der Waals surface area contributed by atoms with Crippen LogP contribution in [-0.2, 0) is 4.74 Å². The standard InChI is InChI=1S/C19H15N3O4/c1-25-19(24)15-4-2-3-14(11-15)17-6-5-16(26-17)12-21-22-18(23)13-7-9-20-10-8-13/h2-12H,1H3,(H,22,23)/b21-12-. The Bertz CT molecular complexity index is 948. The minimum Gasteiger partial charge on any atom is -0.465 e. The smallest absolute Gasteiger partial charge is 0.337 e. The summed E-state index contributed by atoms with van der Waals surface area (Å²) in [5.41, 5.74) is 4.03. The third-order valence-electron chi connectivity index (χ3n) is 3.50. The highest BCUT2D eigenvalue weighted by Gasteiger charge is 2.09. The number of ether oxygens (including phenoxy) is 1. The van der Waals surface area contributed by atoms with Gasteiger partial charge in [0.15, 0.2) is 0 Å². The molecule has 26 heavy (non-hydrogen) atoms. The SMILES string of the molecule is COC(=O)c1cccc(-c2ccc(/C=N\NC(=O)c3ccncc3)o2)c1. The maximum atomic E-state index is 11.9. The number of benzene rings is 1. The molecule has 0 unspecified atom stereocenters. The number of hydrogen-bond donors (Lipinski definition) is 1. The molecule has 0 spiro atoms. The van der Waals surface area contributed by atoms with Gasteiger partial charge in [0.1, 0.15) is 11.5 Å². The number of nitrogens with zero attached hydrogens (tertiary/aromatic N) is 2. The van der Waals surface area contributed by atoms with Gasteiger partial charge in [-0.1, -0.05) is 12.1 Å². The fourth-order valence-electron chi connectivity index (χ4n) is 2.22. The van der Waals surface area contributed by atoms with E-state index >= 15 is 0 Å². The fraction of sp³-hybridized carbons (Fsp3) is 0.0526. The van der Waals surface area contributed by atoms with Crippen molar-refractivity contribution in [2.24, 2.45) is 5.10 Å². The predicted molar refractivity (Wildman–Crippen MR) is 94.8 cm³/mol. The van der Waals surface area contributed by atoms with Gasteiger partial charge in [0.2, 0.25) is 0 Å². The topological polar surface area (TPSA) is 93.8 Å². The molecule has 0 saturated carbocycles. The predicted octanol–water partition coefficient (Wildman–Crippen LogP) is 2.89. The number of pyridine rings is 1. The molecule has 7 heteroatoms. The van der Waals surface area contributed by atoms with Gasteiger partial charge in [-0.3, -0.25) is 9.78 Å². The van der Waals surface area contributed by atoms with Gasteiger partial charge in [-0.15, -0.1) is 0 Å². The zero-order chi connectivity index (χ0) is 18.4. The number of carbonyl (C=O) groups is 2. The molecule has 0 aliphatic heterocycles. The Morgan fingerprint density at radius 1 is 1.12 bits per heavy atom. The van der Waals surface area contributed by atoms with Crippen molar-refractivity contribution in [3.8, 4) is 11.3 Å². The molecule has 0 radical (unpaired) electrons. The monoisotopic (exact) mass is 349 g/mol. The summed E-state index contributed by atoms with van der Waals surface area (Å²) in [6.45, 7) is 0. The van der Waals surface area contributed by atoms with Crippen molar-refractivity contribution < 1.29 is 18.7 Å². The molecule has 0 fully saturated rings. The zero-order valence-corrected chi connectivity index (χ0v) is 13.9. The highest BCUT2D eigenvalue weighted by molar-refractivity contribution is 5.94. The number of methoxy groups -OCH3 is 1. The molecule has 0 aliphatic rings. The van der Waals surface area contributed by atoms with E-state index in [2.05, 4.69) is 15.5 Å². The van der Waals surface area contributed by atoms with Crippen LogP contribution in [0.25, 0.3) is 11.3 Å². The summed E-state index contributed by atoms with van der Waals surface area (Å²) in [7, 11) is 1.33. The Labute approximate surface area is 149 Å². The lowest BCUT2D eigenvalue weighted by Gasteiger charge is -2.01. The summed E-state index contributed by atoms with van der Waals surface area (Å²) in [6.07, 6.45) is 4.45. The number of rotatable bonds is 5. The van der Waals surface area contributed by atoms with Crippen molar-refractivity contribution in [1.29, 1.82) is 0 Å². The average molecular weight is 349 g/mol. The maximum absolute atomic E-state index is 11.9. The van der Waals surface area contributed by atoms with Crippen LogP contribution < -0.4 is 5.43 Å². The van der Waals surface area contributed by atoms with Gasteiger partial charge in [0.05, 0.1) is 18.9 Å². The summed E-state index contributed by atoms with van der Waals surface area (Å²) in [5, 5.41) is 3.87. The maximum Gasteiger partial charge on any atom is 0.337 e. The number of aromatic nitrogens is 1. The number of hydrazone groups is 1. The molecule has 1 amide bonds. The van der Waals surface area contributed by atoms with Gasteiger partial charge in [0, 0.05) is 23.5 Å². The molecule has 0 atom stereocenters. The Hall–Kier alpha value is -3.74. The first-order valence-electron chi connectivity index (χ1n) is 7.69. The van der Waals surface area contributed by atoms with E-state index in [9.17, 15) is 9.59 Å². The van der Waals surface area contributed by atoms with E-state index in [-0.39, 0.29) is 5.91 Å². The van der Waals surface area contributed by atoms with Crippen LogP contribution in [0.2, 0.25) is 0 Å². The molecule has 0 aliphatic carbocycles. The van der Waals surface area contributed by atoms with Crippen molar-refractivity contribution in [1.82, 2.24) is 10.4 Å². The Kier molecular flexibility index (Phi) is 5.19. The number of hydrogen-bond acceptors (Lipinski definition) is 6. The Morgan fingerprint density at radius 2 is 1.92 bits per heavy atom. The van der Waals surface area contributed by atoms with Crippen molar-refractivity contribution in [2.75, 3.05) is 7.11 Å². The lowest BCUT2D eigenvalue weighted by atomic mass is 10.1. The zero-order valence-electron chi connectivity index (χ0n) is 13.9. The summed E-state index contributed by atoms with van der Waals surface area (Å²) < 4.78 is 10.4. The van der Waals surface area contributed by atoms with E-state index < -0.39 is 5.97 Å². The van der Waals surface area contributed by atoms with Gasteiger partial charge in [0.25, 0.3) is 5.91 Å². The minimum atomic E-state index is -0.418. The minimum absolute atomic E-state index is 0.346. The van der Waals surface area contributed by atoms with Gasteiger partial charge < -0.3 is 9.15 Å². The Morgan fingerprint density at radius 3 is 2.69 bits per heavy atom. The number of furan rings is 1. The molecule has 3 rings (SSSR count). The van der Waals surface area contributed by atoms with Crippen molar-refractivity contribution >= 4 is 18.1 Å². The van der Waals surface area contributed by atoms with Gasteiger partial charge >= 0.3 is 5.97 Å². The molecule has 130 valence electrons. The van der Waals surface area contributed by atoms with E-state index in [1.54, 1.807) is 42.5 Å². The highest BCUT2D eigenvalue weighted by atomic mass is 16.5. The second-order valence-electron chi connectivity index (χ2n) is 5.21. The summed E-state index contributed by atoms with van der Waals surface area (Å²) >= 11 is 0. The third kappa shape index (κ3) is 4.02. The molecular weight excluding hydrogens is 334 g/mol. The summed E-state index contributed by atoms with van der Waals surface area (Å²) in [4.78, 5) is 27.3. The number of carbonyl (C=O) groups excluding carboxylic acids is 2. The molecule has 1 aromatic carbocycles. The molecule has 2 heterocycles. The van der Waals surface area contributed by atoms with Crippen LogP contribution in [0.3, 0.4) is 0 Å². The van der Waals surface area contributed by atoms with Gasteiger partial charge in [-0.05, 0) is 36.4 Å². The molecule has 3 aromatic rings. The lowest BCUT2D eigenvalue weighted by molar-refractivity contribution is 0.0600. The van der Waals surface area contributed by atoms with Crippen LogP contribution in [0, 0.1) is 0 Å². The van der Waals surface area contributed by atoms with Gasteiger partial charge in [-0.2, -0.15) is 5.10 Å². The fourth-order valence-corrected chi connectivity index (χ4v) is 2.22. The largest absolute Gasteiger partial charge is 0.465 e. The quantitative estimate of drug-likeness (QED) is 0.434. The molecule has 0 bridgehead atoms. The van der Waals surface area contributed by atoms with Crippen molar-refractivity contribution in [2.45, 2.75) is 0 Å². The number of amides is 1. The second-order valence-corrected chi connectivity index (χ2v) is 5.21. The summed E-state index contributed by atoms with van der Waals surface area (Å²) in [5.74, 6) is 0.261. The first kappa shape index (κ1) is 17.1. The van der Waals surface area contributed by atoms with Crippen LogP contribution in [0.4, 0.5) is 0 Å². The molecule has 1 N–H and O–H groups in total. The normalized spacial score (nSPS) is 10.7. The van der Waals surface area contributed by atoms with E-state index in [1.165, 1.54) is 25.7 Å². The third-order valence-corrected chi connectivity index (χ3v) is 3.50. The Balaban J connectivity index is 1.68. The highest BCUT2D eigenvalue weighted by Crippen LogP contribution is 2.22. The number of nitrogens with one attached hydrogen (secondary N) is 1. The first-order chi connectivity index (χ1) is 12.7. The molecule has 0 saturated heterocycles. The van der Waals surface area contributed by atoms with E-state index in [0.717, 1.165) is 5.56 Å². The van der Waals surface area contributed by atoms with Crippen LogP contribution in [-0.4, -0.2) is 30.2 Å². The van der Waals surface area contributed by atoms with E-state index in [1.807, 2.05) is 6.07 Å². The number of esters is 1. The van der Waals surface area contributed by atoms with Crippen LogP contribution in [0.5, 0.6) is 0 Å². The summed E-state index contributed by atoms with van der Waals surface area (Å²) in [6, 6.07) is 13.5. The average Bonchev–Trinajstić information content (AvgIpc) is 3.17.